The summed E-state index contributed by atoms with van der Waals surface area (Å²) in [6.45, 7) is 5.17. The van der Waals surface area contributed by atoms with Crippen molar-refractivity contribution in [3.63, 3.8) is 0 Å². The Hall–Kier alpha value is -3.10. The molecule has 2 aromatic rings. The number of hydrogen-bond donors (Lipinski definition) is 1. The second-order valence-corrected chi connectivity index (χ2v) is 6.18. The van der Waals surface area contributed by atoms with Crippen LogP contribution in [-0.2, 0) is 9.53 Å². The van der Waals surface area contributed by atoms with Crippen molar-refractivity contribution in [2.24, 2.45) is 0 Å². The molecule has 26 heavy (non-hydrogen) atoms. The summed E-state index contributed by atoms with van der Waals surface area (Å²) in [7, 11) is 0. The number of anilines is 2. The number of benzene rings is 2. The standard InChI is InChI=1S/C21H21N3O2/c1-16-3-2-4-19(13-16)23-21(25)18(15-22)14-17-5-7-20(8-6-17)24-9-11-26-12-10-24/h2-8,13-14H,9-12H2,1H3,(H,23,25). The maximum absolute atomic E-state index is 12.3. The fourth-order valence-corrected chi connectivity index (χ4v) is 2.84. The molecule has 1 N–H and O–H groups in total. The molecule has 0 atom stereocenters. The molecule has 132 valence electrons. The fourth-order valence-electron chi connectivity index (χ4n) is 2.84. The monoisotopic (exact) mass is 347 g/mol. The van der Waals surface area contributed by atoms with Gasteiger partial charge >= 0.3 is 0 Å². The van der Waals surface area contributed by atoms with Gasteiger partial charge in [-0.3, -0.25) is 4.79 Å². The molecule has 2 aromatic carbocycles. The van der Waals surface area contributed by atoms with Gasteiger partial charge in [0, 0.05) is 24.5 Å². The zero-order valence-corrected chi connectivity index (χ0v) is 14.7. The number of rotatable bonds is 4. The minimum atomic E-state index is -0.407. The highest BCUT2D eigenvalue weighted by atomic mass is 16.5. The van der Waals surface area contributed by atoms with E-state index in [1.165, 1.54) is 0 Å². The Morgan fingerprint density at radius 2 is 1.92 bits per heavy atom. The van der Waals surface area contributed by atoms with Crippen LogP contribution in [0.3, 0.4) is 0 Å². The third-order valence-electron chi connectivity index (χ3n) is 4.22. The summed E-state index contributed by atoms with van der Waals surface area (Å²) in [6, 6.07) is 17.3. The molecule has 1 aliphatic heterocycles. The van der Waals surface area contributed by atoms with Crippen molar-refractivity contribution in [2.75, 3.05) is 36.5 Å². The first-order valence-electron chi connectivity index (χ1n) is 8.58. The van der Waals surface area contributed by atoms with Gasteiger partial charge in [0.2, 0.25) is 0 Å². The summed E-state index contributed by atoms with van der Waals surface area (Å²) in [5.74, 6) is -0.407. The highest BCUT2D eigenvalue weighted by Gasteiger charge is 2.12. The first kappa shape index (κ1) is 17.7. The van der Waals surface area contributed by atoms with Crippen molar-refractivity contribution in [2.45, 2.75) is 6.92 Å². The highest BCUT2D eigenvalue weighted by Crippen LogP contribution is 2.18. The predicted octanol–water partition coefficient (Wildman–Crippen LogP) is 3.38. The lowest BCUT2D eigenvalue weighted by Crippen LogP contribution is -2.36. The number of ether oxygens (including phenoxy) is 1. The van der Waals surface area contributed by atoms with E-state index in [-0.39, 0.29) is 5.57 Å². The van der Waals surface area contributed by atoms with E-state index >= 15 is 0 Å². The van der Waals surface area contributed by atoms with Crippen LogP contribution in [0.4, 0.5) is 11.4 Å². The molecule has 0 bridgehead atoms. The van der Waals surface area contributed by atoms with E-state index in [9.17, 15) is 10.1 Å². The number of hydrogen-bond acceptors (Lipinski definition) is 4. The molecule has 0 radical (unpaired) electrons. The lowest BCUT2D eigenvalue weighted by atomic mass is 10.1. The topological polar surface area (TPSA) is 65.4 Å². The zero-order chi connectivity index (χ0) is 18.4. The summed E-state index contributed by atoms with van der Waals surface area (Å²) in [6.07, 6.45) is 1.61. The Kier molecular flexibility index (Phi) is 5.67. The molecule has 0 spiro atoms. The van der Waals surface area contributed by atoms with Crippen LogP contribution in [-0.4, -0.2) is 32.2 Å². The number of morpholine rings is 1. The molecule has 0 saturated carbocycles. The molecule has 1 saturated heterocycles. The number of nitrogens with one attached hydrogen (secondary N) is 1. The van der Waals surface area contributed by atoms with Crippen molar-refractivity contribution in [3.05, 3.63) is 65.2 Å². The highest BCUT2D eigenvalue weighted by molar-refractivity contribution is 6.09. The number of amides is 1. The van der Waals surface area contributed by atoms with Crippen LogP contribution in [0.1, 0.15) is 11.1 Å². The molecule has 3 rings (SSSR count). The molecule has 1 heterocycles. The third-order valence-corrected chi connectivity index (χ3v) is 4.22. The molecular weight excluding hydrogens is 326 g/mol. The van der Waals surface area contributed by atoms with Crippen LogP contribution in [0.15, 0.2) is 54.1 Å². The van der Waals surface area contributed by atoms with E-state index in [0.29, 0.717) is 5.69 Å². The maximum Gasteiger partial charge on any atom is 0.266 e. The number of carbonyl (C=O) groups is 1. The van der Waals surface area contributed by atoms with Crippen molar-refractivity contribution >= 4 is 23.4 Å². The average molecular weight is 347 g/mol. The van der Waals surface area contributed by atoms with Crippen LogP contribution < -0.4 is 10.2 Å². The van der Waals surface area contributed by atoms with Gasteiger partial charge in [-0.2, -0.15) is 5.26 Å². The first-order valence-corrected chi connectivity index (χ1v) is 8.58. The van der Waals surface area contributed by atoms with Crippen LogP contribution in [0.25, 0.3) is 6.08 Å². The number of nitrogens with zero attached hydrogens (tertiary/aromatic N) is 2. The molecule has 1 fully saturated rings. The Bertz CT molecular complexity index is 844. The van der Waals surface area contributed by atoms with Crippen LogP contribution >= 0.6 is 0 Å². The summed E-state index contributed by atoms with van der Waals surface area (Å²) in [4.78, 5) is 14.6. The van der Waals surface area contributed by atoms with Gasteiger partial charge in [-0.25, -0.2) is 0 Å². The van der Waals surface area contributed by atoms with Gasteiger partial charge in [0.15, 0.2) is 0 Å². The lowest BCUT2D eigenvalue weighted by Gasteiger charge is -2.28. The fraction of sp³-hybridized carbons (Fsp3) is 0.238. The Balaban J connectivity index is 1.71. The maximum atomic E-state index is 12.3. The van der Waals surface area contributed by atoms with Crippen molar-refractivity contribution < 1.29 is 9.53 Å². The van der Waals surface area contributed by atoms with E-state index in [2.05, 4.69) is 10.2 Å². The summed E-state index contributed by atoms with van der Waals surface area (Å²) in [5.41, 5.74) is 3.74. The molecule has 5 nitrogen and oxygen atoms in total. The van der Waals surface area contributed by atoms with Gasteiger partial charge in [-0.05, 0) is 48.4 Å². The van der Waals surface area contributed by atoms with Gasteiger partial charge in [0.1, 0.15) is 11.6 Å². The predicted molar refractivity (Wildman–Crippen MR) is 103 cm³/mol. The molecular formula is C21H21N3O2. The number of carbonyl (C=O) groups excluding carboxylic acids is 1. The van der Waals surface area contributed by atoms with E-state index in [4.69, 9.17) is 4.74 Å². The quantitative estimate of drug-likeness (QED) is 0.680. The van der Waals surface area contributed by atoms with Crippen molar-refractivity contribution in [1.82, 2.24) is 0 Å². The van der Waals surface area contributed by atoms with E-state index in [0.717, 1.165) is 43.1 Å². The van der Waals surface area contributed by atoms with E-state index in [1.54, 1.807) is 12.1 Å². The summed E-state index contributed by atoms with van der Waals surface area (Å²) < 4.78 is 5.36. The van der Waals surface area contributed by atoms with Crippen molar-refractivity contribution in [3.8, 4) is 6.07 Å². The molecule has 5 heteroatoms. The van der Waals surface area contributed by atoms with Gasteiger partial charge < -0.3 is 15.0 Å². The first-order chi connectivity index (χ1) is 12.7. The summed E-state index contributed by atoms with van der Waals surface area (Å²) in [5, 5.41) is 12.1. The Labute approximate surface area is 153 Å². The Morgan fingerprint density at radius 1 is 1.19 bits per heavy atom. The molecule has 1 aliphatic rings. The van der Waals surface area contributed by atoms with Gasteiger partial charge in [-0.15, -0.1) is 0 Å². The second kappa shape index (κ2) is 8.32. The van der Waals surface area contributed by atoms with E-state index in [1.807, 2.05) is 55.5 Å². The van der Waals surface area contributed by atoms with Gasteiger partial charge in [0.25, 0.3) is 5.91 Å². The largest absolute Gasteiger partial charge is 0.378 e. The molecule has 0 aliphatic carbocycles. The smallest absolute Gasteiger partial charge is 0.266 e. The van der Waals surface area contributed by atoms with Crippen LogP contribution in [0.2, 0.25) is 0 Å². The van der Waals surface area contributed by atoms with Crippen LogP contribution in [0, 0.1) is 18.3 Å². The van der Waals surface area contributed by atoms with Crippen molar-refractivity contribution in [1.29, 1.82) is 5.26 Å². The zero-order valence-electron chi connectivity index (χ0n) is 14.7. The van der Waals surface area contributed by atoms with Crippen LogP contribution in [0.5, 0.6) is 0 Å². The third kappa shape index (κ3) is 4.50. The summed E-state index contributed by atoms with van der Waals surface area (Å²) >= 11 is 0. The SMILES string of the molecule is Cc1cccc(NC(=O)C(C#N)=Cc2ccc(N3CCOCC3)cc2)c1. The second-order valence-electron chi connectivity index (χ2n) is 6.18. The lowest BCUT2D eigenvalue weighted by molar-refractivity contribution is -0.112. The molecule has 1 amide bonds. The Morgan fingerprint density at radius 3 is 2.58 bits per heavy atom. The molecule has 0 aromatic heterocycles. The van der Waals surface area contributed by atoms with Gasteiger partial charge in [-0.1, -0.05) is 24.3 Å². The average Bonchev–Trinajstić information content (AvgIpc) is 2.67. The number of aryl methyl sites for hydroxylation is 1. The van der Waals surface area contributed by atoms with E-state index < -0.39 is 5.91 Å². The van der Waals surface area contributed by atoms with Gasteiger partial charge in [0.05, 0.1) is 13.2 Å². The normalized spacial score (nSPS) is 14.6. The minimum absolute atomic E-state index is 0.0747. The molecule has 0 unspecified atom stereocenters. The minimum Gasteiger partial charge on any atom is -0.378 e. The number of nitriles is 1.